The second-order valence-electron chi connectivity index (χ2n) is 6.02. The number of rotatable bonds is 7. The van der Waals surface area contributed by atoms with E-state index in [4.69, 9.17) is 4.74 Å². The van der Waals surface area contributed by atoms with E-state index in [-0.39, 0.29) is 6.61 Å². The Morgan fingerprint density at radius 1 is 1.30 bits per heavy atom. The van der Waals surface area contributed by atoms with Gasteiger partial charge in [-0.25, -0.2) is 0 Å². The van der Waals surface area contributed by atoms with Crippen molar-refractivity contribution in [2.45, 2.75) is 45.4 Å². The third-order valence-corrected chi connectivity index (χ3v) is 4.26. The maximum atomic E-state index is 9.32. The standard InChI is InChI=1S/C17H27NO2/c1-14-6-7-17(10-14)18(8-9-19)12-15-4-3-5-16(11-15)13-20-2/h3-5,11,14,17,19H,6-10,12-13H2,1-2H3/t14-,17+/m0/s1. The number of hydrogen-bond donors (Lipinski definition) is 1. The van der Waals surface area contributed by atoms with Gasteiger partial charge in [-0.1, -0.05) is 31.2 Å². The minimum absolute atomic E-state index is 0.239. The minimum Gasteiger partial charge on any atom is -0.395 e. The molecule has 1 aliphatic rings. The van der Waals surface area contributed by atoms with Gasteiger partial charge in [-0.05, 0) is 36.3 Å². The number of ether oxygens (including phenoxy) is 1. The number of methoxy groups -OCH3 is 1. The molecule has 112 valence electrons. The highest BCUT2D eigenvalue weighted by atomic mass is 16.5. The van der Waals surface area contributed by atoms with Crippen LogP contribution in [0.3, 0.4) is 0 Å². The molecule has 2 rings (SSSR count). The van der Waals surface area contributed by atoms with Gasteiger partial charge in [-0.2, -0.15) is 0 Å². The van der Waals surface area contributed by atoms with Gasteiger partial charge in [0.05, 0.1) is 13.2 Å². The van der Waals surface area contributed by atoms with Gasteiger partial charge in [0, 0.05) is 26.2 Å². The van der Waals surface area contributed by atoms with Crippen LogP contribution in [0.25, 0.3) is 0 Å². The molecule has 0 aliphatic heterocycles. The smallest absolute Gasteiger partial charge is 0.0713 e. The summed E-state index contributed by atoms with van der Waals surface area (Å²) in [4.78, 5) is 2.44. The van der Waals surface area contributed by atoms with Crippen molar-refractivity contribution >= 4 is 0 Å². The Kier molecular flexibility index (Phi) is 6.02. The lowest BCUT2D eigenvalue weighted by Crippen LogP contribution is -2.35. The van der Waals surface area contributed by atoms with E-state index in [2.05, 4.69) is 36.1 Å². The number of aliphatic hydroxyl groups is 1. The van der Waals surface area contributed by atoms with E-state index >= 15 is 0 Å². The Labute approximate surface area is 122 Å². The Balaban J connectivity index is 2.01. The van der Waals surface area contributed by atoms with E-state index in [9.17, 15) is 5.11 Å². The van der Waals surface area contributed by atoms with E-state index in [1.807, 2.05) is 0 Å². The Morgan fingerprint density at radius 2 is 2.10 bits per heavy atom. The van der Waals surface area contributed by atoms with Crippen molar-refractivity contribution in [3.8, 4) is 0 Å². The molecule has 20 heavy (non-hydrogen) atoms. The molecule has 1 aromatic rings. The van der Waals surface area contributed by atoms with Crippen LogP contribution in [0.15, 0.2) is 24.3 Å². The van der Waals surface area contributed by atoms with Gasteiger partial charge in [0.15, 0.2) is 0 Å². The summed E-state index contributed by atoms with van der Waals surface area (Å²) >= 11 is 0. The van der Waals surface area contributed by atoms with Crippen molar-refractivity contribution in [3.05, 3.63) is 35.4 Å². The van der Waals surface area contributed by atoms with Crippen LogP contribution in [0.4, 0.5) is 0 Å². The third kappa shape index (κ3) is 4.30. The van der Waals surface area contributed by atoms with Crippen molar-refractivity contribution in [2.24, 2.45) is 5.92 Å². The van der Waals surface area contributed by atoms with Crippen LogP contribution in [0.2, 0.25) is 0 Å². The summed E-state index contributed by atoms with van der Waals surface area (Å²) in [5.41, 5.74) is 2.53. The first-order valence-electron chi connectivity index (χ1n) is 7.64. The van der Waals surface area contributed by atoms with Gasteiger partial charge in [0.2, 0.25) is 0 Å². The summed E-state index contributed by atoms with van der Waals surface area (Å²) in [6.07, 6.45) is 3.84. The van der Waals surface area contributed by atoms with Crippen molar-refractivity contribution in [1.29, 1.82) is 0 Å². The monoisotopic (exact) mass is 277 g/mol. The molecule has 1 saturated carbocycles. The summed E-state index contributed by atoms with van der Waals surface area (Å²) in [6.45, 7) is 4.93. The zero-order valence-electron chi connectivity index (χ0n) is 12.7. The molecule has 0 spiro atoms. The van der Waals surface area contributed by atoms with Gasteiger partial charge in [-0.15, -0.1) is 0 Å². The largest absolute Gasteiger partial charge is 0.395 e. The minimum atomic E-state index is 0.239. The quantitative estimate of drug-likeness (QED) is 0.832. The molecule has 0 saturated heterocycles. The van der Waals surface area contributed by atoms with E-state index in [0.717, 1.165) is 19.0 Å². The fraction of sp³-hybridized carbons (Fsp3) is 0.647. The Bertz CT molecular complexity index is 408. The van der Waals surface area contributed by atoms with E-state index in [1.165, 1.54) is 30.4 Å². The molecule has 0 radical (unpaired) electrons. The first-order chi connectivity index (χ1) is 9.72. The molecule has 0 heterocycles. The fourth-order valence-corrected chi connectivity index (χ4v) is 3.25. The average Bonchev–Trinajstić information content (AvgIpc) is 2.86. The zero-order chi connectivity index (χ0) is 14.4. The summed E-state index contributed by atoms with van der Waals surface area (Å²) < 4.78 is 5.20. The van der Waals surface area contributed by atoms with Crippen LogP contribution in [0, 0.1) is 5.92 Å². The third-order valence-electron chi connectivity index (χ3n) is 4.26. The summed E-state index contributed by atoms with van der Waals surface area (Å²) in [5, 5.41) is 9.32. The van der Waals surface area contributed by atoms with Crippen LogP contribution >= 0.6 is 0 Å². The van der Waals surface area contributed by atoms with Gasteiger partial charge in [-0.3, -0.25) is 4.90 Å². The molecule has 2 atom stereocenters. The SMILES string of the molecule is COCc1cccc(CN(CCO)[C@@H]2CC[C@H](C)C2)c1. The van der Waals surface area contributed by atoms with Crippen LogP contribution in [0.5, 0.6) is 0 Å². The average molecular weight is 277 g/mol. The first kappa shape index (κ1) is 15.5. The molecule has 3 heteroatoms. The second kappa shape index (κ2) is 7.77. The normalized spacial score (nSPS) is 22.6. The van der Waals surface area contributed by atoms with E-state index in [0.29, 0.717) is 12.6 Å². The Hall–Kier alpha value is -0.900. The predicted octanol–water partition coefficient (Wildman–Crippen LogP) is 2.82. The van der Waals surface area contributed by atoms with Crippen molar-refractivity contribution in [2.75, 3.05) is 20.3 Å². The van der Waals surface area contributed by atoms with Crippen LogP contribution in [-0.4, -0.2) is 36.3 Å². The highest BCUT2D eigenvalue weighted by Gasteiger charge is 2.26. The maximum absolute atomic E-state index is 9.32. The highest BCUT2D eigenvalue weighted by molar-refractivity contribution is 5.23. The molecular formula is C17H27NO2. The lowest BCUT2D eigenvalue weighted by Gasteiger charge is -2.28. The topological polar surface area (TPSA) is 32.7 Å². The summed E-state index contributed by atoms with van der Waals surface area (Å²) in [7, 11) is 1.73. The first-order valence-corrected chi connectivity index (χ1v) is 7.64. The number of hydrogen-bond acceptors (Lipinski definition) is 3. The molecule has 1 N–H and O–H groups in total. The highest BCUT2D eigenvalue weighted by Crippen LogP contribution is 2.29. The lowest BCUT2D eigenvalue weighted by atomic mass is 10.1. The summed E-state index contributed by atoms with van der Waals surface area (Å²) in [6, 6.07) is 9.20. The fourth-order valence-electron chi connectivity index (χ4n) is 3.25. The van der Waals surface area contributed by atoms with E-state index < -0.39 is 0 Å². The molecule has 0 unspecified atom stereocenters. The molecule has 0 aromatic heterocycles. The van der Waals surface area contributed by atoms with Gasteiger partial charge in [0.25, 0.3) is 0 Å². The van der Waals surface area contributed by atoms with Crippen molar-refractivity contribution in [3.63, 3.8) is 0 Å². The number of aliphatic hydroxyl groups excluding tert-OH is 1. The molecular weight excluding hydrogens is 250 g/mol. The van der Waals surface area contributed by atoms with E-state index in [1.54, 1.807) is 7.11 Å². The van der Waals surface area contributed by atoms with Crippen LogP contribution in [-0.2, 0) is 17.9 Å². The number of benzene rings is 1. The summed E-state index contributed by atoms with van der Waals surface area (Å²) in [5.74, 6) is 0.820. The molecule has 0 bridgehead atoms. The van der Waals surface area contributed by atoms with Crippen LogP contribution in [0.1, 0.15) is 37.3 Å². The zero-order valence-corrected chi connectivity index (χ0v) is 12.7. The van der Waals surface area contributed by atoms with Gasteiger partial charge < -0.3 is 9.84 Å². The van der Waals surface area contributed by atoms with Crippen molar-refractivity contribution < 1.29 is 9.84 Å². The number of nitrogens with zero attached hydrogens (tertiary/aromatic N) is 1. The predicted molar refractivity (Wildman–Crippen MR) is 81.5 cm³/mol. The lowest BCUT2D eigenvalue weighted by molar-refractivity contribution is 0.142. The van der Waals surface area contributed by atoms with Gasteiger partial charge >= 0.3 is 0 Å². The maximum Gasteiger partial charge on any atom is 0.0713 e. The Morgan fingerprint density at radius 3 is 2.75 bits per heavy atom. The molecule has 0 amide bonds. The van der Waals surface area contributed by atoms with Crippen LogP contribution < -0.4 is 0 Å². The molecule has 1 aromatic carbocycles. The second-order valence-corrected chi connectivity index (χ2v) is 6.02. The van der Waals surface area contributed by atoms with Crippen molar-refractivity contribution in [1.82, 2.24) is 4.90 Å². The molecule has 1 fully saturated rings. The molecule has 1 aliphatic carbocycles. The van der Waals surface area contributed by atoms with Gasteiger partial charge in [0.1, 0.15) is 0 Å². The molecule has 3 nitrogen and oxygen atoms in total.